The van der Waals surface area contributed by atoms with Crippen molar-refractivity contribution in [1.29, 1.82) is 0 Å². The van der Waals surface area contributed by atoms with Crippen LogP contribution in [0.2, 0.25) is 0 Å². The standard InChI is InChI=1S/C27H34N2O6/c1-17(2)35-19-10-8-18(9-11-19)25(30)23-24(21-13-12-20(33-5)16-22(21)34-6)29(27(32)26(23)31)15-7-14-28(3)4/h8-13,16-17,24,30H,7,14-15H2,1-6H3. The minimum atomic E-state index is -0.855. The fourth-order valence-electron chi connectivity index (χ4n) is 4.18. The van der Waals surface area contributed by atoms with Gasteiger partial charge in [-0.25, -0.2) is 0 Å². The number of methoxy groups -OCH3 is 2. The van der Waals surface area contributed by atoms with Crippen LogP contribution in [0.25, 0.3) is 5.76 Å². The Labute approximate surface area is 206 Å². The topological polar surface area (TPSA) is 92.6 Å². The molecular formula is C27H34N2O6. The highest BCUT2D eigenvalue weighted by atomic mass is 16.5. The van der Waals surface area contributed by atoms with E-state index in [9.17, 15) is 14.7 Å². The summed E-state index contributed by atoms with van der Waals surface area (Å²) >= 11 is 0. The molecule has 1 N–H and O–H groups in total. The minimum Gasteiger partial charge on any atom is -0.872 e. The number of nitrogens with zero attached hydrogens (tertiary/aromatic N) is 1. The SMILES string of the molecule is COc1ccc(C2C(=C([O-])c3ccc(OC(C)C)cc3)C(=O)C(=O)N2CCC[NH+](C)C)c(OC)c1. The van der Waals surface area contributed by atoms with Gasteiger partial charge in [-0.3, -0.25) is 9.59 Å². The van der Waals surface area contributed by atoms with Crippen LogP contribution in [0.15, 0.2) is 48.0 Å². The predicted molar refractivity (Wildman–Crippen MR) is 130 cm³/mol. The lowest BCUT2D eigenvalue weighted by Gasteiger charge is -2.29. The number of likely N-dealkylation sites (tertiary alicyclic amines) is 1. The zero-order valence-electron chi connectivity index (χ0n) is 21.2. The van der Waals surface area contributed by atoms with Crippen LogP contribution in [0.5, 0.6) is 17.2 Å². The Kier molecular flexibility index (Phi) is 8.40. The van der Waals surface area contributed by atoms with Gasteiger partial charge in [0.25, 0.3) is 5.91 Å². The highest BCUT2D eigenvalue weighted by molar-refractivity contribution is 6.46. The number of hydrogen-bond acceptors (Lipinski definition) is 6. The summed E-state index contributed by atoms with van der Waals surface area (Å²) in [5, 5.41) is 13.6. The number of amides is 1. The average molecular weight is 483 g/mol. The first-order valence-corrected chi connectivity index (χ1v) is 11.7. The molecule has 35 heavy (non-hydrogen) atoms. The molecule has 0 aliphatic carbocycles. The van der Waals surface area contributed by atoms with Crippen LogP contribution in [0, 0.1) is 0 Å². The third kappa shape index (κ3) is 5.77. The highest BCUT2D eigenvalue weighted by Crippen LogP contribution is 2.43. The van der Waals surface area contributed by atoms with Gasteiger partial charge in [0, 0.05) is 30.2 Å². The van der Waals surface area contributed by atoms with Crippen LogP contribution < -0.4 is 24.2 Å². The average Bonchev–Trinajstić information content (AvgIpc) is 3.08. The number of Topliss-reactive ketones (excluding diaryl/α,β-unsaturated/α-hetero) is 1. The Hall–Kier alpha value is -3.52. The Bertz CT molecular complexity index is 1090. The third-order valence-corrected chi connectivity index (χ3v) is 5.83. The molecule has 0 radical (unpaired) electrons. The highest BCUT2D eigenvalue weighted by Gasteiger charge is 2.45. The van der Waals surface area contributed by atoms with Crippen molar-refractivity contribution in [1.82, 2.24) is 4.90 Å². The van der Waals surface area contributed by atoms with Gasteiger partial charge in [0.15, 0.2) is 0 Å². The van der Waals surface area contributed by atoms with Crippen LogP contribution in [0.3, 0.4) is 0 Å². The number of nitrogens with one attached hydrogen (secondary N) is 1. The van der Waals surface area contributed by atoms with E-state index in [0.717, 1.165) is 6.54 Å². The van der Waals surface area contributed by atoms with Crippen LogP contribution >= 0.6 is 0 Å². The number of carbonyl (C=O) groups excluding carboxylic acids is 2. The molecule has 1 unspecified atom stereocenters. The molecule has 188 valence electrons. The van der Waals surface area contributed by atoms with Gasteiger partial charge in [0.05, 0.1) is 47.0 Å². The molecule has 0 aromatic heterocycles. The number of ketones is 1. The van der Waals surface area contributed by atoms with E-state index < -0.39 is 23.5 Å². The maximum absolute atomic E-state index is 13.6. The van der Waals surface area contributed by atoms with Gasteiger partial charge < -0.3 is 29.1 Å². The van der Waals surface area contributed by atoms with Crippen LogP contribution in [0.1, 0.15) is 37.4 Å². The number of hydrogen-bond donors (Lipinski definition) is 1. The zero-order valence-corrected chi connectivity index (χ0v) is 21.2. The molecule has 0 bridgehead atoms. The fraction of sp³-hybridized carbons (Fsp3) is 0.407. The Morgan fingerprint density at radius 3 is 2.26 bits per heavy atom. The fourth-order valence-corrected chi connectivity index (χ4v) is 4.18. The normalized spacial score (nSPS) is 17.4. The zero-order chi connectivity index (χ0) is 25.7. The van der Waals surface area contributed by atoms with Crippen LogP contribution in [0.4, 0.5) is 0 Å². The maximum atomic E-state index is 13.6. The molecule has 8 nitrogen and oxygen atoms in total. The van der Waals surface area contributed by atoms with Crippen molar-refractivity contribution in [3.63, 3.8) is 0 Å². The molecule has 0 saturated carbocycles. The van der Waals surface area contributed by atoms with Crippen molar-refractivity contribution >= 4 is 17.4 Å². The van der Waals surface area contributed by atoms with E-state index in [0.29, 0.717) is 41.3 Å². The summed E-state index contributed by atoms with van der Waals surface area (Å²) in [5.41, 5.74) is 0.801. The molecule has 1 amide bonds. The first-order chi connectivity index (χ1) is 16.7. The summed E-state index contributed by atoms with van der Waals surface area (Å²) < 4.78 is 16.5. The van der Waals surface area contributed by atoms with E-state index >= 15 is 0 Å². The van der Waals surface area contributed by atoms with Gasteiger partial charge in [0.2, 0.25) is 5.78 Å². The molecule has 1 aliphatic rings. The first-order valence-electron chi connectivity index (χ1n) is 11.7. The minimum absolute atomic E-state index is 0.00978. The van der Waals surface area contributed by atoms with Crippen molar-refractivity contribution in [2.45, 2.75) is 32.4 Å². The van der Waals surface area contributed by atoms with Crippen molar-refractivity contribution in [2.75, 3.05) is 41.4 Å². The van der Waals surface area contributed by atoms with Gasteiger partial charge in [-0.1, -0.05) is 17.9 Å². The van der Waals surface area contributed by atoms with E-state index in [-0.39, 0.29) is 11.7 Å². The number of carbonyl (C=O) groups is 2. The maximum Gasteiger partial charge on any atom is 0.295 e. The largest absolute Gasteiger partial charge is 0.872 e. The monoisotopic (exact) mass is 482 g/mol. The van der Waals surface area contributed by atoms with Gasteiger partial charge in [-0.15, -0.1) is 0 Å². The van der Waals surface area contributed by atoms with Crippen molar-refractivity contribution in [3.8, 4) is 17.2 Å². The van der Waals surface area contributed by atoms with E-state index in [1.165, 1.54) is 16.9 Å². The molecule has 1 heterocycles. The van der Waals surface area contributed by atoms with Crippen molar-refractivity contribution < 1.29 is 33.8 Å². The molecule has 1 saturated heterocycles. The number of rotatable bonds is 10. The molecule has 1 atom stereocenters. The smallest absolute Gasteiger partial charge is 0.295 e. The van der Waals surface area contributed by atoms with Crippen molar-refractivity contribution in [2.24, 2.45) is 0 Å². The second-order valence-electron chi connectivity index (χ2n) is 9.08. The van der Waals surface area contributed by atoms with E-state index in [4.69, 9.17) is 14.2 Å². The lowest BCUT2D eigenvalue weighted by molar-refractivity contribution is -0.858. The predicted octanol–water partition coefficient (Wildman–Crippen LogP) is 1.25. The summed E-state index contributed by atoms with van der Waals surface area (Å²) in [6, 6.07) is 10.9. The summed E-state index contributed by atoms with van der Waals surface area (Å²) in [7, 11) is 7.09. The van der Waals surface area contributed by atoms with Gasteiger partial charge >= 0.3 is 0 Å². The molecule has 0 spiro atoms. The van der Waals surface area contributed by atoms with Crippen LogP contribution in [-0.2, 0) is 9.59 Å². The second-order valence-corrected chi connectivity index (χ2v) is 9.08. The second kappa shape index (κ2) is 11.3. The van der Waals surface area contributed by atoms with E-state index in [1.54, 1.807) is 49.6 Å². The summed E-state index contributed by atoms with van der Waals surface area (Å²) in [6.45, 7) is 4.98. The Morgan fingerprint density at radius 1 is 1.03 bits per heavy atom. The van der Waals surface area contributed by atoms with Gasteiger partial charge in [-0.05, 0) is 43.7 Å². The molecule has 3 rings (SSSR count). The molecule has 1 fully saturated rings. The lowest BCUT2D eigenvalue weighted by atomic mass is 9.94. The molecule has 1 aliphatic heterocycles. The van der Waals surface area contributed by atoms with Crippen molar-refractivity contribution in [3.05, 3.63) is 59.2 Å². The number of ether oxygens (including phenoxy) is 3. The van der Waals surface area contributed by atoms with E-state index in [2.05, 4.69) is 0 Å². The third-order valence-electron chi connectivity index (χ3n) is 5.83. The molecule has 2 aromatic carbocycles. The number of quaternary nitrogens is 1. The summed E-state index contributed by atoms with van der Waals surface area (Å²) in [6.07, 6.45) is 0.670. The van der Waals surface area contributed by atoms with Crippen LogP contribution in [-0.4, -0.2) is 64.1 Å². The first kappa shape index (κ1) is 26.1. The van der Waals surface area contributed by atoms with E-state index in [1.807, 2.05) is 27.9 Å². The lowest BCUT2D eigenvalue weighted by Crippen LogP contribution is -3.05. The Balaban J connectivity index is 2.12. The Morgan fingerprint density at radius 2 is 1.69 bits per heavy atom. The summed E-state index contributed by atoms with van der Waals surface area (Å²) in [4.78, 5) is 29.0. The quantitative estimate of drug-likeness (QED) is 0.311. The molecule has 8 heteroatoms. The van der Waals surface area contributed by atoms with Gasteiger partial charge in [0.1, 0.15) is 17.2 Å². The molecule has 2 aromatic rings. The molecular weight excluding hydrogens is 448 g/mol. The number of benzene rings is 2. The summed E-state index contributed by atoms with van der Waals surface area (Å²) in [5.74, 6) is -0.314. The van der Waals surface area contributed by atoms with Gasteiger partial charge in [-0.2, -0.15) is 0 Å².